The molecule has 198 valence electrons. The molecule has 0 amide bonds. The summed E-state index contributed by atoms with van der Waals surface area (Å²) >= 11 is 0. The summed E-state index contributed by atoms with van der Waals surface area (Å²) < 4.78 is 22.7. The number of hydrogen-bond donors (Lipinski definition) is 1. The van der Waals surface area contributed by atoms with Crippen molar-refractivity contribution >= 4 is 16.9 Å². The minimum absolute atomic E-state index is 0.0725. The molecular formula is C30H28FN5O3. The largest absolute Gasteiger partial charge is 0.455 e. The number of aromatic nitrogens is 5. The van der Waals surface area contributed by atoms with Crippen molar-refractivity contribution in [2.24, 2.45) is 0 Å². The minimum atomic E-state index is -0.553. The summed E-state index contributed by atoms with van der Waals surface area (Å²) in [6.07, 6.45) is 2.63. The molecule has 0 fully saturated rings. The van der Waals surface area contributed by atoms with Crippen LogP contribution in [0.5, 0.6) is 11.5 Å². The van der Waals surface area contributed by atoms with Crippen LogP contribution < -0.4 is 10.3 Å². The number of hydrogen-bond acceptors (Lipinski definition) is 6. The Morgan fingerprint density at radius 2 is 1.87 bits per heavy atom. The molecule has 3 aromatic heterocycles. The second kappa shape index (κ2) is 10.2. The van der Waals surface area contributed by atoms with E-state index in [9.17, 15) is 9.59 Å². The van der Waals surface area contributed by atoms with E-state index in [1.165, 1.54) is 12.3 Å². The summed E-state index contributed by atoms with van der Waals surface area (Å²) in [6, 6.07) is 15.8. The molecule has 0 saturated heterocycles. The summed E-state index contributed by atoms with van der Waals surface area (Å²) in [7, 11) is 0. The minimum Gasteiger partial charge on any atom is -0.455 e. The van der Waals surface area contributed by atoms with Crippen LogP contribution in [0.3, 0.4) is 0 Å². The Morgan fingerprint density at radius 1 is 1.05 bits per heavy atom. The van der Waals surface area contributed by atoms with E-state index >= 15 is 4.39 Å². The van der Waals surface area contributed by atoms with Gasteiger partial charge in [0.05, 0.1) is 23.3 Å². The number of pyridine rings is 1. The number of Topliss-reactive ketones (excluding diaryl/α,β-unsaturated/α-hetero) is 1. The Labute approximate surface area is 224 Å². The summed E-state index contributed by atoms with van der Waals surface area (Å²) in [6.45, 7) is 8.23. The van der Waals surface area contributed by atoms with Crippen LogP contribution in [0.2, 0.25) is 0 Å². The predicted molar refractivity (Wildman–Crippen MR) is 146 cm³/mol. The summed E-state index contributed by atoms with van der Waals surface area (Å²) in [4.78, 5) is 35.3. The molecule has 0 radical (unpaired) electrons. The molecule has 0 aliphatic carbocycles. The lowest BCUT2D eigenvalue weighted by molar-refractivity contribution is -0.117. The third-order valence-electron chi connectivity index (χ3n) is 6.26. The number of aromatic amines is 1. The molecule has 5 aromatic rings. The van der Waals surface area contributed by atoms with Crippen molar-refractivity contribution in [1.82, 2.24) is 24.7 Å². The van der Waals surface area contributed by atoms with Gasteiger partial charge in [-0.15, -0.1) is 0 Å². The highest BCUT2D eigenvalue weighted by atomic mass is 19.1. The zero-order chi connectivity index (χ0) is 27.7. The number of nitrogens with zero attached hydrogens (tertiary/aromatic N) is 4. The zero-order valence-electron chi connectivity index (χ0n) is 22.2. The molecule has 0 spiro atoms. The number of halogens is 1. The van der Waals surface area contributed by atoms with Crippen molar-refractivity contribution in [3.05, 3.63) is 106 Å². The predicted octanol–water partition coefficient (Wildman–Crippen LogP) is 5.40. The van der Waals surface area contributed by atoms with Crippen molar-refractivity contribution < 1.29 is 13.9 Å². The Hall–Kier alpha value is -4.66. The smallest absolute Gasteiger partial charge is 0.268 e. The highest BCUT2D eigenvalue weighted by molar-refractivity contribution is 5.83. The highest BCUT2D eigenvalue weighted by Gasteiger charge is 2.22. The number of rotatable bonds is 7. The number of carbonyl (C=O) groups is 1. The third kappa shape index (κ3) is 5.77. The van der Waals surface area contributed by atoms with Crippen LogP contribution >= 0.6 is 0 Å². The number of ether oxygens (including phenoxy) is 1. The molecule has 9 heteroatoms. The van der Waals surface area contributed by atoms with Gasteiger partial charge in [0, 0.05) is 36.6 Å². The molecule has 5 rings (SSSR count). The van der Waals surface area contributed by atoms with Gasteiger partial charge in [-0.1, -0.05) is 39.0 Å². The van der Waals surface area contributed by atoms with Crippen molar-refractivity contribution in [1.29, 1.82) is 0 Å². The first kappa shape index (κ1) is 26.0. The Kier molecular flexibility index (Phi) is 6.82. The molecule has 8 nitrogen and oxygen atoms in total. The van der Waals surface area contributed by atoms with Gasteiger partial charge < -0.3 is 9.72 Å². The quantitative estimate of drug-likeness (QED) is 0.305. The number of aryl methyl sites for hydroxylation is 1. The molecule has 39 heavy (non-hydrogen) atoms. The van der Waals surface area contributed by atoms with Crippen LogP contribution in [0.4, 0.5) is 4.39 Å². The summed E-state index contributed by atoms with van der Waals surface area (Å²) in [5, 5.41) is 4.79. The highest BCUT2D eigenvalue weighted by Crippen LogP contribution is 2.28. The first-order valence-corrected chi connectivity index (χ1v) is 12.6. The first-order valence-electron chi connectivity index (χ1n) is 12.6. The molecule has 0 atom stereocenters. The SMILES string of the molecule is Cc1cccc(-n2nc(C(C)(C)C)cc2CC(=O)Cc2ccc(Oc3ccnc4[nH]c(=O)cnc34)cc2F)c1. The van der Waals surface area contributed by atoms with E-state index in [1.54, 1.807) is 22.9 Å². The summed E-state index contributed by atoms with van der Waals surface area (Å²) in [5.74, 6) is -0.136. The van der Waals surface area contributed by atoms with Gasteiger partial charge in [0.1, 0.15) is 22.9 Å². The fraction of sp³-hybridized carbons (Fsp3) is 0.233. The average Bonchev–Trinajstić information content (AvgIpc) is 3.30. The molecule has 0 unspecified atom stereocenters. The molecule has 1 N–H and O–H groups in total. The fourth-order valence-corrected chi connectivity index (χ4v) is 4.24. The van der Waals surface area contributed by atoms with Gasteiger partial charge in [-0.2, -0.15) is 5.10 Å². The molecule has 0 saturated carbocycles. The van der Waals surface area contributed by atoms with Crippen molar-refractivity contribution in [2.45, 2.75) is 46.0 Å². The number of nitrogens with one attached hydrogen (secondary N) is 1. The van der Waals surface area contributed by atoms with Crippen LogP contribution in [0.15, 0.2) is 71.8 Å². The molecule has 0 aliphatic heterocycles. The van der Waals surface area contributed by atoms with E-state index < -0.39 is 5.82 Å². The van der Waals surface area contributed by atoms with Crippen molar-refractivity contribution in [3.63, 3.8) is 0 Å². The maximum atomic E-state index is 15.0. The van der Waals surface area contributed by atoms with Gasteiger partial charge in [-0.05, 0) is 42.3 Å². The van der Waals surface area contributed by atoms with E-state index in [0.717, 1.165) is 28.8 Å². The Balaban J connectivity index is 1.35. The van der Waals surface area contributed by atoms with E-state index in [1.807, 2.05) is 37.3 Å². The lowest BCUT2D eigenvalue weighted by atomic mass is 9.92. The zero-order valence-corrected chi connectivity index (χ0v) is 22.2. The fourth-order valence-electron chi connectivity index (χ4n) is 4.24. The van der Waals surface area contributed by atoms with Gasteiger partial charge in [0.25, 0.3) is 5.56 Å². The number of ketones is 1. The normalized spacial score (nSPS) is 11.6. The molecule has 3 heterocycles. The standard InChI is InChI=1S/C30H28FN5O3/c1-18-6-5-7-20(12-18)36-21(15-26(35-36)30(2,3)4)14-22(37)13-19-8-9-23(16-24(19)31)39-25-10-11-32-29-28(25)33-17-27(38)34-29/h5-12,15-17H,13-14H2,1-4H3,(H,32,34,38). The molecular weight excluding hydrogens is 497 g/mol. The molecule has 2 aromatic carbocycles. The van der Waals surface area contributed by atoms with Gasteiger partial charge in [0.2, 0.25) is 0 Å². The monoisotopic (exact) mass is 525 g/mol. The topological polar surface area (TPSA) is 103 Å². The maximum Gasteiger partial charge on any atom is 0.268 e. The number of fused-ring (bicyclic) bond motifs is 1. The van der Waals surface area contributed by atoms with Gasteiger partial charge in [-0.25, -0.2) is 19.0 Å². The van der Waals surface area contributed by atoms with E-state index in [-0.39, 0.29) is 46.6 Å². The third-order valence-corrected chi connectivity index (χ3v) is 6.26. The van der Waals surface area contributed by atoms with Crippen LogP contribution in [-0.2, 0) is 23.1 Å². The average molecular weight is 526 g/mol. The van der Waals surface area contributed by atoms with Crippen LogP contribution in [0, 0.1) is 12.7 Å². The Morgan fingerprint density at radius 3 is 2.62 bits per heavy atom. The number of benzene rings is 2. The van der Waals surface area contributed by atoms with Crippen molar-refractivity contribution in [2.75, 3.05) is 0 Å². The molecule has 0 bridgehead atoms. The van der Waals surface area contributed by atoms with Gasteiger partial charge in [0.15, 0.2) is 11.4 Å². The summed E-state index contributed by atoms with van der Waals surface area (Å²) in [5.41, 5.74) is 3.90. The lowest BCUT2D eigenvalue weighted by Gasteiger charge is -2.14. The van der Waals surface area contributed by atoms with Crippen molar-refractivity contribution in [3.8, 4) is 17.2 Å². The number of H-pyrrole nitrogens is 1. The first-order chi connectivity index (χ1) is 18.6. The van der Waals surface area contributed by atoms with Gasteiger partial charge >= 0.3 is 0 Å². The van der Waals surface area contributed by atoms with E-state index in [2.05, 4.69) is 35.7 Å². The van der Waals surface area contributed by atoms with E-state index in [4.69, 9.17) is 9.84 Å². The van der Waals surface area contributed by atoms with Crippen LogP contribution in [-0.4, -0.2) is 30.5 Å². The van der Waals surface area contributed by atoms with Crippen LogP contribution in [0.1, 0.15) is 43.3 Å². The lowest BCUT2D eigenvalue weighted by Crippen LogP contribution is -2.13. The van der Waals surface area contributed by atoms with E-state index in [0.29, 0.717) is 11.3 Å². The maximum absolute atomic E-state index is 15.0. The number of carbonyl (C=O) groups excluding carboxylic acids is 1. The second-order valence-corrected chi connectivity index (χ2v) is 10.5. The Bertz CT molecular complexity index is 1750. The second-order valence-electron chi connectivity index (χ2n) is 10.5. The molecule has 0 aliphatic rings. The van der Waals surface area contributed by atoms with Gasteiger partial charge in [-0.3, -0.25) is 9.59 Å². The van der Waals surface area contributed by atoms with Crippen LogP contribution in [0.25, 0.3) is 16.9 Å².